The van der Waals surface area contributed by atoms with Gasteiger partial charge in [-0.05, 0) is 33.1 Å². The van der Waals surface area contributed by atoms with E-state index >= 15 is 0 Å². The molecular weight excluding hydrogens is 164 g/mol. The van der Waals surface area contributed by atoms with Gasteiger partial charge in [-0.15, -0.1) is 0 Å². The predicted molar refractivity (Wildman–Crippen MR) is 54.5 cm³/mol. The van der Waals surface area contributed by atoms with Crippen molar-refractivity contribution in [2.75, 3.05) is 0 Å². The fourth-order valence-electron chi connectivity index (χ4n) is 1.14. The number of rotatable bonds is 4. The van der Waals surface area contributed by atoms with E-state index in [9.17, 15) is 4.79 Å². The van der Waals surface area contributed by atoms with E-state index in [-0.39, 0.29) is 17.5 Å². The lowest BCUT2D eigenvalue weighted by Crippen LogP contribution is -2.35. The van der Waals surface area contributed by atoms with E-state index in [4.69, 9.17) is 4.74 Å². The summed E-state index contributed by atoms with van der Waals surface area (Å²) in [5.74, 6) is 0.253. The number of esters is 1. The van der Waals surface area contributed by atoms with Crippen LogP contribution in [0.25, 0.3) is 0 Å². The molecule has 0 N–H and O–H groups in total. The van der Waals surface area contributed by atoms with E-state index in [1.807, 2.05) is 27.7 Å². The Morgan fingerprint density at radius 2 is 1.77 bits per heavy atom. The smallest absolute Gasteiger partial charge is 0.312 e. The van der Waals surface area contributed by atoms with Crippen molar-refractivity contribution in [3.63, 3.8) is 0 Å². The predicted octanol–water partition coefficient (Wildman–Crippen LogP) is 3.01. The molecular formula is C11H22O2. The van der Waals surface area contributed by atoms with Gasteiger partial charge >= 0.3 is 5.97 Å². The van der Waals surface area contributed by atoms with Crippen molar-refractivity contribution in [2.45, 2.75) is 54.1 Å². The lowest BCUT2D eigenvalue weighted by molar-refractivity contribution is -0.162. The Morgan fingerprint density at radius 3 is 2.00 bits per heavy atom. The Hall–Kier alpha value is -0.530. The number of hydrogen-bond acceptors (Lipinski definition) is 2. The molecule has 0 aromatic rings. The quantitative estimate of drug-likeness (QED) is 0.631. The topological polar surface area (TPSA) is 26.3 Å². The summed E-state index contributed by atoms with van der Waals surface area (Å²) in [6.45, 7) is 11.9. The molecule has 0 saturated carbocycles. The Morgan fingerprint density at radius 1 is 1.31 bits per heavy atom. The van der Waals surface area contributed by atoms with Crippen LogP contribution >= 0.6 is 0 Å². The molecule has 0 heterocycles. The lowest BCUT2D eigenvalue weighted by atomic mass is 9.77. The Bertz CT molecular complexity index is 173. The molecule has 0 aliphatic rings. The largest absolute Gasteiger partial charge is 0.463 e. The van der Waals surface area contributed by atoms with Crippen molar-refractivity contribution in [2.24, 2.45) is 11.3 Å². The zero-order valence-corrected chi connectivity index (χ0v) is 9.68. The average molecular weight is 186 g/mol. The molecule has 0 spiro atoms. The van der Waals surface area contributed by atoms with Crippen molar-refractivity contribution in [3.8, 4) is 0 Å². The van der Waals surface area contributed by atoms with E-state index in [0.29, 0.717) is 5.92 Å². The highest BCUT2D eigenvalue weighted by Crippen LogP contribution is 2.32. The van der Waals surface area contributed by atoms with Gasteiger partial charge in [-0.1, -0.05) is 20.8 Å². The molecule has 13 heavy (non-hydrogen) atoms. The third-order valence-electron chi connectivity index (χ3n) is 2.82. The van der Waals surface area contributed by atoms with Gasteiger partial charge in [0.25, 0.3) is 0 Å². The molecule has 0 amide bonds. The van der Waals surface area contributed by atoms with Crippen molar-refractivity contribution < 1.29 is 9.53 Å². The standard InChI is InChI=1S/C11H22O2/c1-7-11(6,8(2)3)10(12)13-9(4)5/h8-9H,7H2,1-6H3. The maximum atomic E-state index is 11.7. The summed E-state index contributed by atoms with van der Waals surface area (Å²) >= 11 is 0. The summed E-state index contributed by atoms with van der Waals surface area (Å²) in [4.78, 5) is 11.7. The highest BCUT2D eigenvalue weighted by Gasteiger charge is 2.36. The molecule has 1 unspecified atom stereocenters. The van der Waals surface area contributed by atoms with Gasteiger partial charge in [-0.3, -0.25) is 4.79 Å². The van der Waals surface area contributed by atoms with Crippen molar-refractivity contribution in [3.05, 3.63) is 0 Å². The highest BCUT2D eigenvalue weighted by molar-refractivity contribution is 5.76. The summed E-state index contributed by atoms with van der Waals surface area (Å²) < 4.78 is 5.23. The Balaban J connectivity index is 4.48. The summed E-state index contributed by atoms with van der Waals surface area (Å²) in [7, 11) is 0. The molecule has 0 radical (unpaired) electrons. The van der Waals surface area contributed by atoms with Gasteiger partial charge in [0.15, 0.2) is 0 Å². The number of hydrogen-bond donors (Lipinski definition) is 0. The van der Waals surface area contributed by atoms with Crippen LogP contribution in [0.3, 0.4) is 0 Å². The first-order chi connectivity index (χ1) is 5.84. The fourth-order valence-corrected chi connectivity index (χ4v) is 1.14. The second-order valence-corrected chi connectivity index (χ2v) is 4.38. The van der Waals surface area contributed by atoms with Gasteiger partial charge in [0.2, 0.25) is 0 Å². The molecule has 2 nitrogen and oxygen atoms in total. The van der Waals surface area contributed by atoms with Gasteiger partial charge in [0, 0.05) is 0 Å². The molecule has 78 valence electrons. The monoisotopic (exact) mass is 186 g/mol. The first-order valence-corrected chi connectivity index (χ1v) is 5.05. The molecule has 0 aliphatic heterocycles. The maximum Gasteiger partial charge on any atom is 0.312 e. The molecule has 0 aliphatic carbocycles. The first kappa shape index (κ1) is 12.5. The molecule has 2 heteroatoms. The van der Waals surface area contributed by atoms with Crippen molar-refractivity contribution >= 4 is 5.97 Å². The summed E-state index contributed by atoms with van der Waals surface area (Å²) in [5.41, 5.74) is -0.329. The van der Waals surface area contributed by atoms with Gasteiger partial charge < -0.3 is 4.74 Å². The minimum Gasteiger partial charge on any atom is -0.463 e. The summed E-state index contributed by atoms with van der Waals surface area (Å²) in [6, 6.07) is 0. The van der Waals surface area contributed by atoms with Crippen LogP contribution in [-0.2, 0) is 9.53 Å². The Labute approximate surface area is 81.7 Å². The molecule has 0 saturated heterocycles. The van der Waals surface area contributed by atoms with Gasteiger partial charge in [-0.2, -0.15) is 0 Å². The normalized spacial score (nSPS) is 16.0. The van der Waals surface area contributed by atoms with E-state index in [1.54, 1.807) is 0 Å². The maximum absolute atomic E-state index is 11.7. The average Bonchev–Trinajstić information content (AvgIpc) is 2.01. The Kier molecular flexibility index (Phi) is 4.45. The van der Waals surface area contributed by atoms with Crippen molar-refractivity contribution in [1.82, 2.24) is 0 Å². The van der Waals surface area contributed by atoms with E-state index < -0.39 is 0 Å². The highest BCUT2D eigenvalue weighted by atomic mass is 16.5. The number of carbonyl (C=O) groups is 1. The summed E-state index contributed by atoms with van der Waals surface area (Å²) in [5, 5.41) is 0. The molecule has 0 fully saturated rings. The van der Waals surface area contributed by atoms with Crippen molar-refractivity contribution in [1.29, 1.82) is 0 Å². The molecule has 1 atom stereocenters. The molecule has 0 aromatic heterocycles. The van der Waals surface area contributed by atoms with E-state index in [0.717, 1.165) is 6.42 Å². The third-order valence-corrected chi connectivity index (χ3v) is 2.82. The minimum atomic E-state index is -0.329. The van der Waals surface area contributed by atoms with Crippen LogP contribution < -0.4 is 0 Å². The zero-order valence-electron chi connectivity index (χ0n) is 9.68. The molecule has 0 aromatic carbocycles. The number of carbonyl (C=O) groups excluding carboxylic acids is 1. The van der Waals surface area contributed by atoms with Crippen LogP contribution in [0.5, 0.6) is 0 Å². The van der Waals surface area contributed by atoms with Crippen LogP contribution in [0.15, 0.2) is 0 Å². The molecule has 0 bridgehead atoms. The van der Waals surface area contributed by atoms with Crippen LogP contribution in [0.4, 0.5) is 0 Å². The minimum absolute atomic E-state index is 0.0166. The van der Waals surface area contributed by atoms with Crippen LogP contribution in [0, 0.1) is 11.3 Å². The second kappa shape index (κ2) is 4.64. The first-order valence-electron chi connectivity index (χ1n) is 5.05. The third kappa shape index (κ3) is 3.02. The number of ether oxygens (including phenoxy) is 1. The summed E-state index contributed by atoms with van der Waals surface area (Å²) in [6.07, 6.45) is 0.813. The van der Waals surface area contributed by atoms with E-state index in [1.165, 1.54) is 0 Å². The molecule has 0 rings (SSSR count). The SMILES string of the molecule is CCC(C)(C(=O)OC(C)C)C(C)C. The lowest BCUT2D eigenvalue weighted by Gasteiger charge is -2.30. The van der Waals surface area contributed by atoms with Crippen LogP contribution in [-0.4, -0.2) is 12.1 Å². The fraction of sp³-hybridized carbons (Fsp3) is 0.909. The second-order valence-electron chi connectivity index (χ2n) is 4.38. The van der Waals surface area contributed by atoms with Crippen LogP contribution in [0.1, 0.15) is 48.0 Å². The van der Waals surface area contributed by atoms with Gasteiger partial charge in [0.05, 0.1) is 11.5 Å². The van der Waals surface area contributed by atoms with Gasteiger partial charge in [0.1, 0.15) is 0 Å². The van der Waals surface area contributed by atoms with E-state index in [2.05, 4.69) is 13.8 Å². The van der Waals surface area contributed by atoms with Crippen LogP contribution in [0.2, 0.25) is 0 Å². The zero-order chi connectivity index (χ0) is 10.6. The van der Waals surface area contributed by atoms with Gasteiger partial charge in [-0.25, -0.2) is 0 Å².